The second-order valence-electron chi connectivity index (χ2n) is 7.47. The Labute approximate surface area is 186 Å². The smallest absolute Gasteiger partial charge is 0.343 e. The van der Waals surface area contributed by atoms with Gasteiger partial charge in [0.25, 0.3) is 10.2 Å². The van der Waals surface area contributed by atoms with Crippen molar-refractivity contribution in [2.75, 3.05) is 27.2 Å². The highest BCUT2D eigenvalue weighted by molar-refractivity contribution is 8.02. The molecule has 9 nitrogen and oxygen atoms in total. The molecule has 1 aromatic rings. The molecule has 1 saturated heterocycles. The monoisotopic (exact) mass is 497 g/mol. The van der Waals surface area contributed by atoms with Gasteiger partial charge in [-0.2, -0.15) is 34.3 Å². The van der Waals surface area contributed by atoms with Crippen LogP contribution in [0.2, 0.25) is 0 Å². The van der Waals surface area contributed by atoms with Crippen molar-refractivity contribution >= 4 is 26.1 Å². The fraction of sp³-hybridized carbons (Fsp3) is 0.500. The second kappa shape index (κ2) is 9.00. The first-order valence-electron chi connectivity index (χ1n) is 9.43. The third-order valence-corrected chi connectivity index (χ3v) is 9.23. The quantitative estimate of drug-likeness (QED) is 0.534. The third-order valence-electron chi connectivity index (χ3n) is 5.20. The van der Waals surface area contributed by atoms with Crippen molar-refractivity contribution in [1.82, 2.24) is 17.6 Å². The zero-order chi connectivity index (χ0) is 24.5. The van der Waals surface area contributed by atoms with Crippen LogP contribution < -0.4 is 4.72 Å². The first-order chi connectivity index (χ1) is 14.6. The molecule has 180 valence electrons. The summed E-state index contributed by atoms with van der Waals surface area (Å²) in [6.45, 7) is 4.40. The molecule has 1 aliphatic rings. The Morgan fingerprint density at radius 2 is 1.81 bits per heavy atom. The van der Waals surface area contributed by atoms with E-state index in [9.17, 15) is 30.0 Å². The lowest BCUT2D eigenvalue weighted by Gasteiger charge is -2.45. The van der Waals surface area contributed by atoms with Crippen LogP contribution >= 0.6 is 0 Å². The van der Waals surface area contributed by atoms with E-state index in [4.69, 9.17) is 5.41 Å². The number of nitrogens with zero attached hydrogens (tertiary/aromatic N) is 3. The van der Waals surface area contributed by atoms with E-state index in [0.29, 0.717) is 4.90 Å². The molecule has 0 aliphatic carbocycles. The molecule has 0 saturated carbocycles. The maximum atomic E-state index is 14.5. The van der Waals surface area contributed by atoms with Crippen LogP contribution in [0.3, 0.4) is 0 Å². The summed E-state index contributed by atoms with van der Waals surface area (Å²) >= 11 is 0. The van der Waals surface area contributed by atoms with Gasteiger partial charge in [0.15, 0.2) is 5.54 Å². The van der Waals surface area contributed by atoms with Crippen LogP contribution in [0.25, 0.3) is 0 Å². The van der Waals surface area contributed by atoms with Crippen molar-refractivity contribution in [2.24, 2.45) is 0 Å². The summed E-state index contributed by atoms with van der Waals surface area (Å²) in [5.41, 5.74) is -3.35. The summed E-state index contributed by atoms with van der Waals surface area (Å²) < 4.78 is 96.9. The number of halogens is 3. The van der Waals surface area contributed by atoms with E-state index in [-0.39, 0.29) is 34.5 Å². The summed E-state index contributed by atoms with van der Waals surface area (Å²) in [5, 5.41) is 7.74. The first-order valence-corrected chi connectivity index (χ1v) is 12.3. The lowest BCUT2D eigenvalue weighted by atomic mass is 9.82. The third kappa shape index (κ3) is 4.77. The van der Waals surface area contributed by atoms with Gasteiger partial charge in [-0.25, -0.2) is 0 Å². The highest BCUT2D eigenvalue weighted by Gasteiger charge is 2.59. The molecule has 1 heterocycles. The molecule has 2 rings (SSSR count). The molecule has 0 amide bonds. The van der Waals surface area contributed by atoms with Gasteiger partial charge in [0.05, 0.1) is 0 Å². The van der Waals surface area contributed by atoms with Gasteiger partial charge in [-0.3, -0.25) is 4.72 Å². The highest BCUT2D eigenvalue weighted by Crippen LogP contribution is 2.47. The Bertz CT molecular complexity index is 1080. The molecule has 1 aliphatic heterocycles. The van der Waals surface area contributed by atoms with Gasteiger partial charge in [0, 0.05) is 39.3 Å². The molecular weight excluding hydrogens is 471 g/mol. The van der Waals surface area contributed by atoms with E-state index in [2.05, 4.69) is 6.58 Å². The Morgan fingerprint density at radius 3 is 2.31 bits per heavy atom. The van der Waals surface area contributed by atoms with Gasteiger partial charge in [-0.15, -0.1) is 0 Å². The number of rotatable bonds is 8. The van der Waals surface area contributed by atoms with Crippen LogP contribution in [0.15, 0.2) is 42.7 Å². The largest absolute Gasteiger partial charge is 0.416 e. The SMILES string of the molecule is C=C(NS(=O)(=O)N1CCCN(C)S1(=O)=O)N(C)C(CC(C)=N)(c1ccccc1)C(F)(F)F. The van der Waals surface area contributed by atoms with Crippen molar-refractivity contribution in [3.05, 3.63) is 48.3 Å². The van der Waals surface area contributed by atoms with Crippen molar-refractivity contribution in [1.29, 1.82) is 5.41 Å². The minimum absolute atomic E-state index is 0.110. The maximum Gasteiger partial charge on any atom is 0.416 e. The molecule has 0 spiro atoms. The lowest BCUT2D eigenvalue weighted by Crippen LogP contribution is -2.59. The van der Waals surface area contributed by atoms with Gasteiger partial charge < -0.3 is 10.3 Å². The Hall–Kier alpha value is -2.16. The van der Waals surface area contributed by atoms with Crippen molar-refractivity contribution < 1.29 is 30.0 Å². The zero-order valence-corrected chi connectivity index (χ0v) is 19.5. The normalized spacial score (nSPS) is 19.7. The standard InChI is InChI=1S/C18H26F3N5O4S2/c1-14(22)13-17(18(19,20)21,16-9-6-5-7-10-16)25(4)15(2)23-31(27,28)26-12-8-11-24(3)32(26,29)30/h5-7,9-10,22-23H,2,8,11-13H2,1,3-4H3. The molecule has 1 fully saturated rings. The van der Waals surface area contributed by atoms with Crippen LogP contribution in [0.1, 0.15) is 25.3 Å². The van der Waals surface area contributed by atoms with E-state index in [1.807, 2.05) is 4.72 Å². The summed E-state index contributed by atoms with van der Waals surface area (Å²) in [7, 11) is -6.96. The van der Waals surface area contributed by atoms with E-state index >= 15 is 0 Å². The van der Waals surface area contributed by atoms with E-state index in [0.717, 1.165) is 11.4 Å². The Morgan fingerprint density at radius 1 is 1.25 bits per heavy atom. The average Bonchev–Trinajstić information content (AvgIpc) is 2.66. The predicted octanol–water partition coefficient (Wildman–Crippen LogP) is 1.99. The first kappa shape index (κ1) is 26.1. The highest BCUT2D eigenvalue weighted by atomic mass is 32.3. The minimum Gasteiger partial charge on any atom is -0.343 e. The molecule has 0 radical (unpaired) electrons. The zero-order valence-electron chi connectivity index (χ0n) is 17.8. The fourth-order valence-corrected chi connectivity index (χ4v) is 6.90. The summed E-state index contributed by atoms with van der Waals surface area (Å²) in [5.74, 6) is -0.698. The molecule has 1 unspecified atom stereocenters. The van der Waals surface area contributed by atoms with Crippen LogP contribution in [0, 0.1) is 5.41 Å². The van der Waals surface area contributed by atoms with Crippen molar-refractivity contribution in [2.45, 2.75) is 31.5 Å². The molecule has 1 aromatic carbocycles. The van der Waals surface area contributed by atoms with Crippen LogP contribution in [-0.4, -0.2) is 68.8 Å². The molecule has 14 heteroatoms. The lowest BCUT2D eigenvalue weighted by molar-refractivity contribution is -0.227. The van der Waals surface area contributed by atoms with Gasteiger partial charge in [-0.05, 0) is 18.9 Å². The van der Waals surface area contributed by atoms with Crippen molar-refractivity contribution in [3.63, 3.8) is 0 Å². The average molecular weight is 498 g/mol. The molecular formula is C18H26F3N5O4S2. The second-order valence-corrected chi connectivity index (χ2v) is 11.3. The summed E-state index contributed by atoms with van der Waals surface area (Å²) in [6.07, 6.45) is -5.54. The van der Waals surface area contributed by atoms with Gasteiger partial charge >= 0.3 is 16.4 Å². The minimum atomic E-state index is -4.95. The fourth-order valence-electron chi connectivity index (χ4n) is 3.52. The number of hydrogen-bond donors (Lipinski definition) is 2. The van der Waals surface area contributed by atoms with Gasteiger partial charge in [0.2, 0.25) is 0 Å². The maximum absolute atomic E-state index is 14.5. The Balaban J connectivity index is 2.51. The van der Waals surface area contributed by atoms with Crippen LogP contribution in [0.5, 0.6) is 0 Å². The van der Waals surface area contributed by atoms with E-state index in [1.165, 1.54) is 44.3 Å². The summed E-state index contributed by atoms with van der Waals surface area (Å²) in [4.78, 5) is 0.582. The van der Waals surface area contributed by atoms with E-state index < -0.39 is 44.4 Å². The number of hydrogen-bond acceptors (Lipinski definition) is 6. The molecule has 0 aromatic heterocycles. The molecule has 32 heavy (non-hydrogen) atoms. The number of nitrogens with one attached hydrogen (secondary N) is 2. The van der Waals surface area contributed by atoms with Crippen LogP contribution in [0.4, 0.5) is 13.2 Å². The topological polar surface area (TPSA) is 114 Å². The number of alkyl halides is 3. The molecule has 2 N–H and O–H groups in total. The molecule has 1 atom stereocenters. The Kier molecular flexibility index (Phi) is 7.34. The molecule has 0 bridgehead atoms. The number of benzene rings is 1. The van der Waals surface area contributed by atoms with Gasteiger partial charge in [0.1, 0.15) is 5.82 Å². The predicted molar refractivity (Wildman–Crippen MR) is 114 cm³/mol. The van der Waals surface area contributed by atoms with Crippen molar-refractivity contribution in [3.8, 4) is 0 Å². The summed E-state index contributed by atoms with van der Waals surface area (Å²) in [6, 6.07) is 6.76. The van der Waals surface area contributed by atoms with Gasteiger partial charge in [-0.1, -0.05) is 40.6 Å². The van der Waals surface area contributed by atoms with E-state index in [1.54, 1.807) is 0 Å². The van der Waals surface area contributed by atoms with Crippen LogP contribution in [-0.2, 0) is 26.0 Å².